The number of allylic oxidation sites excluding steroid dienone is 1. The molecule has 0 aliphatic rings. The number of nitrogens with two attached hydrogens (primary N) is 1. The highest BCUT2D eigenvalue weighted by Crippen LogP contribution is 2.23. The van der Waals surface area contributed by atoms with Crippen molar-refractivity contribution in [1.29, 1.82) is 0 Å². The molecule has 1 rings (SSSR count). The van der Waals surface area contributed by atoms with Gasteiger partial charge < -0.3 is 10.7 Å². The summed E-state index contributed by atoms with van der Waals surface area (Å²) in [5.41, 5.74) is 5.37. The number of nitrogens with one attached hydrogen (secondary N) is 2. The van der Waals surface area contributed by atoms with Crippen LogP contribution in [0, 0.1) is 5.41 Å². The molecule has 0 spiro atoms. The second kappa shape index (κ2) is 7.10. The summed E-state index contributed by atoms with van der Waals surface area (Å²) < 4.78 is 0. The molecule has 0 heterocycles. The maximum absolute atomic E-state index is 11.9. The molecule has 4 heteroatoms. The third-order valence-electron chi connectivity index (χ3n) is 2.94. The summed E-state index contributed by atoms with van der Waals surface area (Å²) in [6, 6.07) is 5.61. The van der Waals surface area contributed by atoms with Crippen LogP contribution in [0.2, 0.25) is 0 Å². The van der Waals surface area contributed by atoms with Gasteiger partial charge in [-0.05, 0) is 37.0 Å². The fraction of sp³-hybridized carbons (Fsp3) is 0.438. The molecule has 1 amide bonds. The van der Waals surface area contributed by atoms with E-state index in [2.05, 4.69) is 31.5 Å². The van der Waals surface area contributed by atoms with Gasteiger partial charge in [-0.3, -0.25) is 10.6 Å². The van der Waals surface area contributed by atoms with E-state index in [4.69, 9.17) is 5.84 Å². The van der Waals surface area contributed by atoms with E-state index in [0.717, 1.165) is 23.4 Å². The van der Waals surface area contributed by atoms with Gasteiger partial charge in [0.05, 0.1) is 5.69 Å². The van der Waals surface area contributed by atoms with E-state index >= 15 is 0 Å². The zero-order valence-corrected chi connectivity index (χ0v) is 12.8. The van der Waals surface area contributed by atoms with Crippen LogP contribution in [0.25, 0.3) is 6.08 Å². The van der Waals surface area contributed by atoms with E-state index in [1.54, 1.807) is 0 Å². The third kappa shape index (κ3) is 5.45. The van der Waals surface area contributed by atoms with E-state index in [9.17, 15) is 4.79 Å². The number of carbonyl (C=O) groups excluding carboxylic acids is 1. The number of rotatable bonds is 5. The van der Waals surface area contributed by atoms with Crippen LogP contribution < -0.4 is 16.6 Å². The Hall–Kier alpha value is -1.81. The van der Waals surface area contributed by atoms with Gasteiger partial charge in [0, 0.05) is 17.7 Å². The first-order valence-electron chi connectivity index (χ1n) is 6.89. The van der Waals surface area contributed by atoms with Crippen molar-refractivity contribution in [3.05, 3.63) is 29.8 Å². The van der Waals surface area contributed by atoms with E-state index in [1.807, 2.05) is 37.3 Å². The van der Waals surface area contributed by atoms with Crippen molar-refractivity contribution in [2.75, 3.05) is 10.7 Å². The number of amides is 1. The predicted octanol–water partition coefficient (Wildman–Crippen LogP) is 3.77. The highest BCUT2D eigenvalue weighted by Gasteiger charge is 2.13. The van der Waals surface area contributed by atoms with Gasteiger partial charge in [-0.1, -0.05) is 32.9 Å². The first kappa shape index (κ1) is 16.2. The quantitative estimate of drug-likeness (QED) is 0.566. The zero-order chi connectivity index (χ0) is 15.2. The zero-order valence-electron chi connectivity index (χ0n) is 12.8. The van der Waals surface area contributed by atoms with Gasteiger partial charge in [0.2, 0.25) is 5.91 Å². The smallest absolute Gasteiger partial charge is 0.224 e. The summed E-state index contributed by atoms with van der Waals surface area (Å²) >= 11 is 0. The molecular weight excluding hydrogens is 250 g/mol. The molecule has 0 aromatic heterocycles. The molecular formula is C16H25N3O. The standard InChI is InChI=1S/C16H25N3O/c1-5-6-12-11-13(7-8-14(12)19-17)18-15(20)9-10-16(2,3)4/h5-8,11,19H,9-10,17H2,1-4H3,(H,18,20)/b6-5-. The van der Waals surface area contributed by atoms with Crippen LogP contribution in [0.4, 0.5) is 11.4 Å². The van der Waals surface area contributed by atoms with Crippen LogP contribution >= 0.6 is 0 Å². The lowest BCUT2D eigenvalue weighted by Gasteiger charge is -2.17. The molecule has 0 unspecified atom stereocenters. The number of nitrogen functional groups attached to an aromatic ring is 1. The highest BCUT2D eigenvalue weighted by molar-refractivity contribution is 5.91. The minimum absolute atomic E-state index is 0.0415. The van der Waals surface area contributed by atoms with Gasteiger partial charge in [-0.25, -0.2) is 0 Å². The number of benzene rings is 1. The summed E-state index contributed by atoms with van der Waals surface area (Å²) in [7, 11) is 0. The third-order valence-corrected chi connectivity index (χ3v) is 2.94. The summed E-state index contributed by atoms with van der Waals surface area (Å²) in [6.07, 6.45) is 5.27. The summed E-state index contributed by atoms with van der Waals surface area (Å²) in [5.74, 6) is 5.50. The van der Waals surface area contributed by atoms with Gasteiger partial charge in [-0.15, -0.1) is 0 Å². The molecule has 4 N–H and O–H groups in total. The normalized spacial score (nSPS) is 11.7. The topological polar surface area (TPSA) is 67.2 Å². The molecule has 0 radical (unpaired) electrons. The lowest BCUT2D eigenvalue weighted by molar-refractivity contribution is -0.116. The highest BCUT2D eigenvalue weighted by atomic mass is 16.1. The van der Waals surface area contributed by atoms with Crippen LogP contribution in [0.1, 0.15) is 46.1 Å². The number of carbonyl (C=O) groups is 1. The number of hydrazine groups is 1. The van der Waals surface area contributed by atoms with E-state index in [0.29, 0.717) is 6.42 Å². The minimum Gasteiger partial charge on any atom is -0.326 e. The van der Waals surface area contributed by atoms with Crippen molar-refractivity contribution in [2.45, 2.75) is 40.5 Å². The van der Waals surface area contributed by atoms with Gasteiger partial charge in [0.25, 0.3) is 0 Å². The second-order valence-corrected chi connectivity index (χ2v) is 6.06. The maximum Gasteiger partial charge on any atom is 0.224 e. The van der Waals surface area contributed by atoms with Crippen LogP contribution in [0.5, 0.6) is 0 Å². The molecule has 0 saturated heterocycles. The summed E-state index contributed by atoms with van der Waals surface area (Å²) in [4.78, 5) is 11.9. The first-order chi connectivity index (χ1) is 9.35. The number of hydrogen-bond acceptors (Lipinski definition) is 3. The predicted molar refractivity (Wildman–Crippen MR) is 86.3 cm³/mol. The second-order valence-electron chi connectivity index (χ2n) is 6.06. The van der Waals surface area contributed by atoms with E-state index < -0.39 is 0 Å². The Morgan fingerprint density at radius 2 is 2.05 bits per heavy atom. The first-order valence-corrected chi connectivity index (χ1v) is 6.89. The molecule has 1 aromatic carbocycles. The minimum atomic E-state index is 0.0415. The molecule has 4 nitrogen and oxygen atoms in total. The average molecular weight is 275 g/mol. The molecule has 0 bridgehead atoms. The summed E-state index contributed by atoms with van der Waals surface area (Å²) in [6.45, 7) is 8.33. The molecule has 110 valence electrons. The van der Waals surface area contributed by atoms with Crippen LogP contribution in [-0.4, -0.2) is 5.91 Å². The Balaban J connectivity index is 2.73. The SMILES string of the molecule is C/C=C\c1cc(NC(=O)CCC(C)(C)C)ccc1NN. The largest absolute Gasteiger partial charge is 0.326 e. The monoisotopic (exact) mass is 275 g/mol. The van der Waals surface area contributed by atoms with E-state index in [1.165, 1.54) is 0 Å². The molecule has 0 saturated carbocycles. The lowest BCUT2D eigenvalue weighted by atomic mass is 9.90. The van der Waals surface area contributed by atoms with Crippen LogP contribution in [0.15, 0.2) is 24.3 Å². The Kier molecular flexibility index (Phi) is 5.77. The van der Waals surface area contributed by atoms with Crippen LogP contribution in [-0.2, 0) is 4.79 Å². The van der Waals surface area contributed by atoms with Crippen molar-refractivity contribution in [1.82, 2.24) is 0 Å². The van der Waals surface area contributed by atoms with Gasteiger partial charge in [0.15, 0.2) is 0 Å². The fourth-order valence-corrected chi connectivity index (χ4v) is 1.80. The Bertz CT molecular complexity index is 487. The van der Waals surface area contributed by atoms with Gasteiger partial charge >= 0.3 is 0 Å². The number of hydrogen-bond donors (Lipinski definition) is 3. The molecule has 1 aromatic rings. The van der Waals surface area contributed by atoms with Crippen molar-refractivity contribution in [3.8, 4) is 0 Å². The van der Waals surface area contributed by atoms with Gasteiger partial charge in [-0.2, -0.15) is 0 Å². The molecule has 0 fully saturated rings. The van der Waals surface area contributed by atoms with Crippen molar-refractivity contribution < 1.29 is 4.79 Å². The molecule has 20 heavy (non-hydrogen) atoms. The summed E-state index contributed by atoms with van der Waals surface area (Å²) in [5, 5.41) is 2.92. The van der Waals surface area contributed by atoms with Crippen molar-refractivity contribution in [3.63, 3.8) is 0 Å². The fourth-order valence-electron chi connectivity index (χ4n) is 1.80. The Morgan fingerprint density at radius 1 is 1.35 bits per heavy atom. The van der Waals surface area contributed by atoms with E-state index in [-0.39, 0.29) is 11.3 Å². The lowest BCUT2D eigenvalue weighted by Crippen LogP contribution is -2.16. The van der Waals surface area contributed by atoms with Crippen molar-refractivity contribution >= 4 is 23.4 Å². The molecule has 0 aliphatic carbocycles. The van der Waals surface area contributed by atoms with Crippen LogP contribution in [0.3, 0.4) is 0 Å². The Morgan fingerprint density at radius 3 is 2.60 bits per heavy atom. The maximum atomic E-state index is 11.9. The van der Waals surface area contributed by atoms with Crippen molar-refractivity contribution in [2.24, 2.45) is 11.3 Å². The number of anilines is 2. The average Bonchev–Trinajstić information content (AvgIpc) is 2.36. The molecule has 0 aliphatic heterocycles. The molecule has 0 atom stereocenters. The van der Waals surface area contributed by atoms with Gasteiger partial charge in [0.1, 0.15) is 0 Å². The Labute approximate surface area is 121 Å².